The van der Waals surface area contributed by atoms with Crippen molar-refractivity contribution >= 4 is 28.3 Å². The molecule has 1 aliphatic rings. The van der Waals surface area contributed by atoms with Crippen molar-refractivity contribution in [2.24, 2.45) is 5.92 Å². The maximum Gasteiger partial charge on any atom is 0.220 e. The second kappa shape index (κ2) is 7.17. The van der Waals surface area contributed by atoms with Crippen LogP contribution in [0.5, 0.6) is 0 Å². The maximum absolute atomic E-state index is 13.3. The zero-order valence-corrected chi connectivity index (χ0v) is 14.9. The van der Waals surface area contributed by atoms with Crippen LogP contribution in [0.2, 0.25) is 0 Å². The van der Waals surface area contributed by atoms with E-state index in [9.17, 15) is 14.3 Å². The number of amides is 1. The predicted molar refractivity (Wildman–Crippen MR) is 98.3 cm³/mol. The van der Waals surface area contributed by atoms with Crippen molar-refractivity contribution in [3.8, 4) is 0 Å². The van der Waals surface area contributed by atoms with Crippen LogP contribution in [0.1, 0.15) is 36.0 Å². The normalized spacial score (nSPS) is 20.7. The molecule has 4 rings (SSSR count). The van der Waals surface area contributed by atoms with Gasteiger partial charge in [0.2, 0.25) is 5.91 Å². The van der Waals surface area contributed by atoms with Gasteiger partial charge in [-0.3, -0.25) is 4.79 Å². The third-order valence-corrected chi connectivity index (χ3v) is 5.82. The lowest BCUT2D eigenvalue weighted by Gasteiger charge is -2.37. The Bertz CT molecular complexity index is 903. The largest absolute Gasteiger partial charge is 0.393 e. The van der Waals surface area contributed by atoms with E-state index < -0.39 is 0 Å². The third kappa shape index (κ3) is 3.64. The van der Waals surface area contributed by atoms with Gasteiger partial charge in [-0.15, -0.1) is 11.3 Å². The van der Waals surface area contributed by atoms with Crippen LogP contribution < -0.4 is 5.32 Å². The number of fused-ring (bicyclic) bond motifs is 1. The molecular weight excluding hydrogens is 353 g/mol. The fourth-order valence-corrected chi connectivity index (χ4v) is 4.29. The van der Waals surface area contributed by atoms with E-state index >= 15 is 0 Å². The molecule has 3 aromatic rings. The van der Waals surface area contributed by atoms with Gasteiger partial charge in [-0.2, -0.15) is 0 Å². The Labute approximate surface area is 154 Å². The molecule has 3 N–H and O–H groups in total. The summed E-state index contributed by atoms with van der Waals surface area (Å²) in [5.41, 5.74) is 1.34. The summed E-state index contributed by atoms with van der Waals surface area (Å²) >= 11 is 1.62. The molecule has 7 heteroatoms. The van der Waals surface area contributed by atoms with E-state index in [1.807, 2.05) is 17.5 Å². The smallest absolute Gasteiger partial charge is 0.220 e. The molecule has 1 atom stereocenters. The van der Waals surface area contributed by atoms with E-state index in [0.29, 0.717) is 29.7 Å². The number of aliphatic hydroxyl groups is 1. The quantitative estimate of drug-likeness (QED) is 0.620. The number of halogens is 1. The van der Waals surface area contributed by atoms with Gasteiger partial charge in [-0.25, -0.2) is 9.37 Å². The Morgan fingerprint density at radius 2 is 2.27 bits per heavy atom. The second-order valence-corrected chi connectivity index (χ2v) is 7.77. The van der Waals surface area contributed by atoms with Gasteiger partial charge in [0.05, 0.1) is 23.2 Å². The summed E-state index contributed by atoms with van der Waals surface area (Å²) < 4.78 is 13.3. The molecule has 0 aliphatic heterocycles. The number of imidazole rings is 1. The highest BCUT2D eigenvalue weighted by atomic mass is 32.1. The number of nitrogens with one attached hydrogen (secondary N) is 2. The minimum Gasteiger partial charge on any atom is -0.393 e. The first-order valence-corrected chi connectivity index (χ1v) is 9.61. The summed E-state index contributed by atoms with van der Waals surface area (Å²) in [6, 6.07) is 8.35. The number of carbonyl (C=O) groups excluding carboxylic acids is 1. The molecular formula is C19H20FN3O2S. The first kappa shape index (κ1) is 17.2. The molecule has 2 heterocycles. The highest BCUT2D eigenvalue weighted by Gasteiger charge is 2.36. The third-order valence-electron chi connectivity index (χ3n) is 4.87. The molecule has 0 spiro atoms. The molecule has 0 radical (unpaired) electrons. The first-order chi connectivity index (χ1) is 12.6. The monoisotopic (exact) mass is 373 g/mol. The van der Waals surface area contributed by atoms with Crippen molar-refractivity contribution < 1.29 is 14.3 Å². The molecule has 1 aromatic carbocycles. The van der Waals surface area contributed by atoms with Crippen molar-refractivity contribution in [1.82, 2.24) is 15.3 Å². The molecule has 1 fully saturated rings. The van der Waals surface area contributed by atoms with Gasteiger partial charge in [-0.1, -0.05) is 6.07 Å². The highest BCUT2D eigenvalue weighted by molar-refractivity contribution is 7.10. The summed E-state index contributed by atoms with van der Waals surface area (Å²) in [4.78, 5) is 21.0. The number of thiophene rings is 1. The number of benzene rings is 1. The summed E-state index contributed by atoms with van der Waals surface area (Å²) in [7, 11) is 0. The van der Waals surface area contributed by atoms with Crippen LogP contribution in [0.3, 0.4) is 0 Å². The number of carbonyl (C=O) groups is 1. The Kier molecular flexibility index (Phi) is 4.74. The van der Waals surface area contributed by atoms with Crippen molar-refractivity contribution in [3.05, 3.63) is 52.2 Å². The van der Waals surface area contributed by atoms with E-state index in [4.69, 9.17) is 0 Å². The molecule has 1 aliphatic carbocycles. The number of nitrogens with zero attached hydrogens (tertiary/aromatic N) is 1. The number of hydrogen-bond donors (Lipinski definition) is 3. The molecule has 0 bridgehead atoms. The lowest BCUT2D eigenvalue weighted by Crippen LogP contribution is -2.41. The van der Waals surface area contributed by atoms with Crippen molar-refractivity contribution in [1.29, 1.82) is 0 Å². The zero-order valence-electron chi connectivity index (χ0n) is 14.1. The molecule has 0 saturated heterocycles. The molecule has 1 saturated carbocycles. The van der Waals surface area contributed by atoms with Crippen molar-refractivity contribution in [3.63, 3.8) is 0 Å². The lowest BCUT2D eigenvalue weighted by molar-refractivity contribution is -0.123. The number of aromatic nitrogens is 2. The van der Waals surface area contributed by atoms with Gasteiger partial charge < -0.3 is 15.4 Å². The standard InChI is InChI=1S/C19H20FN3O2S/c20-12-3-4-14-15(10-12)22-17(21-14)5-6-18(25)23-19(11-8-13(24)9-11)16-2-1-7-26-16/h1-4,7,10-11,13,19,24H,5-6,8-9H2,(H,21,22)(H,23,25)/t11?,13?,19-/m0/s1. The molecule has 2 aromatic heterocycles. The summed E-state index contributed by atoms with van der Waals surface area (Å²) in [6.45, 7) is 0. The fourth-order valence-electron chi connectivity index (χ4n) is 3.42. The van der Waals surface area contributed by atoms with E-state index in [1.165, 1.54) is 12.1 Å². The van der Waals surface area contributed by atoms with Crippen molar-refractivity contribution in [2.45, 2.75) is 37.8 Å². The van der Waals surface area contributed by atoms with E-state index in [1.54, 1.807) is 17.4 Å². The van der Waals surface area contributed by atoms with Gasteiger partial charge in [0.15, 0.2) is 0 Å². The molecule has 1 amide bonds. The van der Waals surface area contributed by atoms with Gasteiger partial charge in [0.1, 0.15) is 11.6 Å². The minimum atomic E-state index is -0.313. The van der Waals surface area contributed by atoms with Gasteiger partial charge in [-0.05, 0) is 48.4 Å². The zero-order chi connectivity index (χ0) is 18.1. The molecule has 0 unspecified atom stereocenters. The summed E-state index contributed by atoms with van der Waals surface area (Å²) in [5.74, 6) is 0.595. The molecule has 26 heavy (non-hydrogen) atoms. The van der Waals surface area contributed by atoms with Gasteiger partial charge in [0, 0.05) is 17.7 Å². The topological polar surface area (TPSA) is 78.0 Å². The Hall–Kier alpha value is -2.25. The first-order valence-electron chi connectivity index (χ1n) is 8.73. The van der Waals surface area contributed by atoms with Crippen LogP contribution in [0, 0.1) is 11.7 Å². The maximum atomic E-state index is 13.3. The Morgan fingerprint density at radius 3 is 3.00 bits per heavy atom. The van der Waals surface area contributed by atoms with Crippen LogP contribution in [-0.4, -0.2) is 27.1 Å². The van der Waals surface area contributed by atoms with Gasteiger partial charge in [0.25, 0.3) is 0 Å². The summed E-state index contributed by atoms with van der Waals surface area (Å²) in [5, 5.41) is 14.7. The van der Waals surface area contributed by atoms with E-state index in [0.717, 1.165) is 17.7 Å². The van der Waals surface area contributed by atoms with Crippen LogP contribution in [0.4, 0.5) is 4.39 Å². The van der Waals surface area contributed by atoms with Crippen LogP contribution >= 0.6 is 11.3 Å². The fraction of sp³-hybridized carbons (Fsp3) is 0.368. The summed E-state index contributed by atoms with van der Waals surface area (Å²) in [6.07, 6.45) is 1.96. The number of rotatable bonds is 6. The van der Waals surface area contributed by atoms with Gasteiger partial charge >= 0.3 is 0 Å². The Morgan fingerprint density at radius 1 is 1.42 bits per heavy atom. The second-order valence-electron chi connectivity index (χ2n) is 6.79. The van der Waals surface area contributed by atoms with E-state index in [-0.39, 0.29) is 29.8 Å². The minimum absolute atomic E-state index is 0.0450. The lowest BCUT2D eigenvalue weighted by atomic mass is 9.76. The van der Waals surface area contributed by atoms with Crippen molar-refractivity contribution in [2.75, 3.05) is 0 Å². The number of H-pyrrole nitrogens is 1. The van der Waals surface area contributed by atoms with Crippen LogP contribution in [-0.2, 0) is 11.2 Å². The van der Waals surface area contributed by atoms with Crippen LogP contribution in [0.15, 0.2) is 35.7 Å². The number of aromatic amines is 1. The average Bonchev–Trinajstić information content (AvgIpc) is 3.24. The number of hydrogen-bond acceptors (Lipinski definition) is 4. The van der Waals surface area contributed by atoms with Crippen LogP contribution in [0.25, 0.3) is 11.0 Å². The number of aliphatic hydroxyl groups excluding tert-OH is 1. The predicted octanol–water partition coefficient (Wildman–Crippen LogP) is 3.32. The van der Waals surface area contributed by atoms with E-state index in [2.05, 4.69) is 15.3 Å². The average molecular weight is 373 g/mol. The number of aryl methyl sites for hydroxylation is 1. The SMILES string of the molecule is O=C(CCc1nc2ccc(F)cc2[nH]1)N[C@H](c1cccs1)C1CC(O)C1. The molecule has 5 nitrogen and oxygen atoms in total. The molecule has 136 valence electrons. The highest BCUT2D eigenvalue weighted by Crippen LogP contribution is 2.39. The Balaban J connectivity index is 1.38.